The van der Waals surface area contributed by atoms with Crippen LogP contribution in [0.5, 0.6) is 0 Å². The average Bonchev–Trinajstić information content (AvgIpc) is 2.85. The average molecular weight is 245 g/mol. The second-order valence-electron chi connectivity index (χ2n) is 4.42. The molecule has 0 bridgehead atoms. The van der Waals surface area contributed by atoms with Gasteiger partial charge in [-0.15, -0.1) is 0 Å². The molecule has 1 aromatic carbocycles. The van der Waals surface area contributed by atoms with Crippen molar-refractivity contribution in [1.82, 2.24) is 14.5 Å². The van der Waals surface area contributed by atoms with Crippen LogP contribution in [-0.2, 0) is 19.7 Å². The van der Waals surface area contributed by atoms with E-state index in [-0.39, 0.29) is 6.61 Å². The second-order valence-corrected chi connectivity index (χ2v) is 4.42. The highest BCUT2D eigenvalue weighted by molar-refractivity contribution is 5.14. The first-order chi connectivity index (χ1) is 8.79. The summed E-state index contributed by atoms with van der Waals surface area (Å²) in [5.41, 5.74) is 1.31. The van der Waals surface area contributed by atoms with Crippen LogP contribution in [0.15, 0.2) is 42.7 Å². The summed E-state index contributed by atoms with van der Waals surface area (Å²) >= 11 is 0. The molecule has 0 unspecified atom stereocenters. The van der Waals surface area contributed by atoms with Gasteiger partial charge in [-0.05, 0) is 12.6 Å². The molecule has 0 fully saturated rings. The molecule has 4 nitrogen and oxygen atoms in total. The van der Waals surface area contributed by atoms with Crippen molar-refractivity contribution in [3.8, 4) is 0 Å². The van der Waals surface area contributed by atoms with Gasteiger partial charge in [-0.3, -0.25) is 0 Å². The lowest BCUT2D eigenvalue weighted by molar-refractivity contribution is 0.257. The van der Waals surface area contributed by atoms with Gasteiger partial charge in [-0.2, -0.15) is 0 Å². The van der Waals surface area contributed by atoms with Crippen molar-refractivity contribution in [2.45, 2.75) is 19.7 Å². The number of likely N-dealkylation sites (N-methyl/N-ethyl adjacent to an activating group) is 1. The zero-order chi connectivity index (χ0) is 12.8. The Morgan fingerprint density at radius 3 is 2.78 bits per heavy atom. The summed E-state index contributed by atoms with van der Waals surface area (Å²) in [6.07, 6.45) is 3.63. The molecule has 0 aliphatic carbocycles. The maximum Gasteiger partial charge on any atom is 0.134 e. The summed E-state index contributed by atoms with van der Waals surface area (Å²) < 4.78 is 1.99. The normalized spacial score (nSPS) is 11.1. The van der Waals surface area contributed by atoms with E-state index in [1.807, 2.05) is 16.8 Å². The fourth-order valence-electron chi connectivity index (χ4n) is 1.95. The predicted molar refractivity (Wildman–Crippen MR) is 70.9 cm³/mol. The first-order valence-electron chi connectivity index (χ1n) is 6.13. The molecule has 0 saturated carbocycles. The summed E-state index contributed by atoms with van der Waals surface area (Å²) in [6, 6.07) is 10.4. The van der Waals surface area contributed by atoms with Crippen LogP contribution in [0.1, 0.15) is 11.4 Å². The van der Waals surface area contributed by atoms with Gasteiger partial charge in [-0.1, -0.05) is 30.3 Å². The van der Waals surface area contributed by atoms with Crippen molar-refractivity contribution in [3.05, 3.63) is 54.1 Å². The molecule has 0 atom stereocenters. The number of rotatable bonds is 6. The molecular formula is C14H19N3O. The van der Waals surface area contributed by atoms with E-state index in [0.717, 1.165) is 25.5 Å². The predicted octanol–water partition coefficient (Wildman–Crippen LogP) is 1.51. The van der Waals surface area contributed by atoms with Gasteiger partial charge in [0.25, 0.3) is 0 Å². The molecule has 2 aromatic rings. The number of hydrogen-bond donors (Lipinski definition) is 1. The zero-order valence-corrected chi connectivity index (χ0v) is 10.7. The fourth-order valence-corrected chi connectivity index (χ4v) is 1.95. The molecule has 96 valence electrons. The third-order valence-electron chi connectivity index (χ3n) is 2.96. The van der Waals surface area contributed by atoms with Crippen LogP contribution in [-0.4, -0.2) is 33.1 Å². The topological polar surface area (TPSA) is 41.3 Å². The Hall–Kier alpha value is -1.65. The Kier molecular flexibility index (Phi) is 4.50. The molecule has 1 heterocycles. The van der Waals surface area contributed by atoms with Crippen LogP contribution in [0.2, 0.25) is 0 Å². The molecule has 1 N–H and O–H groups in total. The van der Waals surface area contributed by atoms with Crippen molar-refractivity contribution >= 4 is 0 Å². The van der Waals surface area contributed by atoms with Crippen LogP contribution >= 0.6 is 0 Å². The van der Waals surface area contributed by atoms with E-state index in [4.69, 9.17) is 5.11 Å². The number of aromatic nitrogens is 2. The smallest absolute Gasteiger partial charge is 0.134 e. The first-order valence-corrected chi connectivity index (χ1v) is 6.13. The minimum Gasteiger partial charge on any atom is -0.388 e. The molecular weight excluding hydrogens is 226 g/mol. The highest BCUT2D eigenvalue weighted by atomic mass is 16.3. The van der Waals surface area contributed by atoms with Gasteiger partial charge in [-0.25, -0.2) is 4.98 Å². The summed E-state index contributed by atoms with van der Waals surface area (Å²) in [7, 11) is 2.10. The minimum atomic E-state index is -0.00456. The van der Waals surface area contributed by atoms with Gasteiger partial charge in [0.05, 0.1) is 0 Å². The monoisotopic (exact) mass is 245 g/mol. The number of hydrogen-bond acceptors (Lipinski definition) is 3. The molecule has 0 radical (unpaired) electrons. The van der Waals surface area contributed by atoms with Crippen LogP contribution < -0.4 is 0 Å². The fraction of sp³-hybridized carbons (Fsp3) is 0.357. The molecule has 2 rings (SSSR count). The highest BCUT2D eigenvalue weighted by Crippen LogP contribution is 2.03. The van der Waals surface area contributed by atoms with Crippen molar-refractivity contribution in [3.63, 3.8) is 0 Å². The lowest BCUT2D eigenvalue weighted by Gasteiger charge is -2.17. The SMILES string of the molecule is CN(CCn1ccnc1CO)Cc1ccccc1. The van der Waals surface area contributed by atoms with Gasteiger partial charge >= 0.3 is 0 Å². The third kappa shape index (κ3) is 3.42. The van der Waals surface area contributed by atoms with E-state index in [0.29, 0.717) is 0 Å². The van der Waals surface area contributed by atoms with Crippen molar-refractivity contribution in [2.24, 2.45) is 0 Å². The largest absolute Gasteiger partial charge is 0.388 e. The number of imidazole rings is 1. The molecule has 0 aliphatic heterocycles. The molecule has 1 aromatic heterocycles. The van der Waals surface area contributed by atoms with E-state index in [1.165, 1.54) is 5.56 Å². The van der Waals surface area contributed by atoms with Crippen LogP contribution in [0.25, 0.3) is 0 Å². The first kappa shape index (κ1) is 12.8. The summed E-state index contributed by atoms with van der Waals surface area (Å²) in [5, 5.41) is 9.11. The molecule has 0 aliphatic rings. The minimum absolute atomic E-state index is 0.00456. The Morgan fingerprint density at radius 2 is 2.06 bits per heavy atom. The molecule has 18 heavy (non-hydrogen) atoms. The number of aliphatic hydroxyl groups excluding tert-OH is 1. The van der Waals surface area contributed by atoms with Crippen molar-refractivity contribution in [1.29, 1.82) is 0 Å². The van der Waals surface area contributed by atoms with Crippen LogP contribution in [0.3, 0.4) is 0 Å². The van der Waals surface area contributed by atoms with Gasteiger partial charge in [0.1, 0.15) is 12.4 Å². The zero-order valence-electron chi connectivity index (χ0n) is 10.7. The summed E-state index contributed by atoms with van der Waals surface area (Å²) in [6.45, 7) is 2.71. The highest BCUT2D eigenvalue weighted by Gasteiger charge is 2.03. The van der Waals surface area contributed by atoms with Crippen molar-refractivity contribution < 1.29 is 5.11 Å². The lowest BCUT2D eigenvalue weighted by atomic mass is 10.2. The van der Waals surface area contributed by atoms with E-state index < -0.39 is 0 Å². The molecule has 0 amide bonds. The Labute approximate surface area is 108 Å². The third-order valence-corrected chi connectivity index (χ3v) is 2.96. The molecule has 4 heteroatoms. The quantitative estimate of drug-likeness (QED) is 0.838. The van der Waals surface area contributed by atoms with E-state index in [9.17, 15) is 0 Å². The van der Waals surface area contributed by atoms with Crippen LogP contribution in [0, 0.1) is 0 Å². The van der Waals surface area contributed by atoms with Crippen molar-refractivity contribution in [2.75, 3.05) is 13.6 Å². The van der Waals surface area contributed by atoms with Crippen LogP contribution in [0.4, 0.5) is 0 Å². The summed E-state index contributed by atoms with van der Waals surface area (Å²) in [5.74, 6) is 0.725. The maximum absolute atomic E-state index is 9.11. The Morgan fingerprint density at radius 1 is 1.28 bits per heavy atom. The summed E-state index contributed by atoms with van der Waals surface area (Å²) in [4.78, 5) is 6.35. The lowest BCUT2D eigenvalue weighted by Crippen LogP contribution is -2.23. The van der Waals surface area contributed by atoms with E-state index in [1.54, 1.807) is 6.20 Å². The maximum atomic E-state index is 9.11. The molecule has 0 saturated heterocycles. The number of nitrogens with zero attached hydrogens (tertiary/aromatic N) is 3. The van der Waals surface area contributed by atoms with Gasteiger partial charge in [0.2, 0.25) is 0 Å². The van der Waals surface area contributed by atoms with E-state index in [2.05, 4.69) is 41.2 Å². The molecule has 0 spiro atoms. The van der Waals surface area contributed by atoms with Gasteiger partial charge in [0, 0.05) is 32.0 Å². The van der Waals surface area contributed by atoms with Gasteiger partial charge in [0.15, 0.2) is 0 Å². The standard InChI is InChI=1S/C14H19N3O/c1-16(11-13-5-3-2-4-6-13)9-10-17-8-7-15-14(17)12-18/h2-8,18H,9-12H2,1H3. The van der Waals surface area contributed by atoms with Gasteiger partial charge < -0.3 is 14.6 Å². The Bertz CT molecular complexity index is 467. The second kappa shape index (κ2) is 6.33. The number of benzene rings is 1. The number of aliphatic hydroxyl groups is 1. The van der Waals surface area contributed by atoms with E-state index >= 15 is 0 Å². The Balaban J connectivity index is 1.83.